The molecule has 0 amide bonds. The lowest BCUT2D eigenvalue weighted by atomic mass is 9.98. The summed E-state index contributed by atoms with van der Waals surface area (Å²) in [5, 5.41) is 0. The molecule has 4 heteroatoms. The SMILES string of the molecule is Cc1ccc2c(c1)CCCN2c1cc(Br)ccc1C(N)=S. The number of benzene rings is 2. The van der Waals surface area contributed by atoms with Crippen molar-refractivity contribution in [3.05, 3.63) is 57.6 Å². The standard InChI is InChI=1S/C17H17BrN2S/c1-11-4-7-15-12(9-11)3-2-8-20(15)16-10-13(18)5-6-14(16)17(19)21/h4-7,9-10H,2-3,8H2,1H3,(H2,19,21). The van der Waals surface area contributed by atoms with Crippen LogP contribution in [0.25, 0.3) is 0 Å². The summed E-state index contributed by atoms with van der Waals surface area (Å²) in [6.07, 6.45) is 2.27. The predicted molar refractivity (Wildman–Crippen MR) is 96.5 cm³/mol. The van der Waals surface area contributed by atoms with Crippen LogP contribution in [0, 0.1) is 6.92 Å². The molecule has 0 bridgehead atoms. The summed E-state index contributed by atoms with van der Waals surface area (Å²) in [4.78, 5) is 2.77. The number of thiocarbonyl (C=S) groups is 1. The van der Waals surface area contributed by atoms with Gasteiger partial charge in [0.2, 0.25) is 0 Å². The summed E-state index contributed by atoms with van der Waals surface area (Å²) < 4.78 is 1.04. The first-order valence-electron chi connectivity index (χ1n) is 7.02. The highest BCUT2D eigenvalue weighted by molar-refractivity contribution is 9.10. The molecule has 0 saturated heterocycles. The number of hydrogen-bond acceptors (Lipinski definition) is 2. The molecule has 0 radical (unpaired) electrons. The summed E-state index contributed by atoms with van der Waals surface area (Å²) in [6.45, 7) is 3.13. The minimum Gasteiger partial charge on any atom is -0.389 e. The second-order valence-corrected chi connectivity index (χ2v) is 6.77. The van der Waals surface area contributed by atoms with Gasteiger partial charge in [-0.15, -0.1) is 0 Å². The Bertz CT molecular complexity index is 712. The van der Waals surface area contributed by atoms with E-state index in [1.807, 2.05) is 12.1 Å². The molecule has 0 aliphatic carbocycles. The van der Waals surface area contributed by atoms with E-state index in [2.05, 4.69) is 52.0 Å². The van der Waals surface area contributed by atoms with Crippen LogP contribution < -0.4 is 10.6 Å². The van der Waals surface area contributed by atoms with Gasteiger partial charge in [-0.2, -0.15) is 0 Å². The Morgan fingerprint density at radius 1 is 1.19 bits per heavy atom. The van der Waals surface area contributed by atoms with Crippen molar-refractivity contribution < 1.29 is 0 Å². The van der Waals surface area contributed by atoms with Crippen LogP contribution in [0.2, 0.25) is 0 Å². The first kappa shape index (κ1) is 14.5. The second-order valence-electron chi connectivity index (χ2n) is 5.41. The fourth-order valence-corrected chi connectivity index (χ4v) is 3.43. The summed E-state index contributed by atoms with van der Waals surface area (Å²) in [7, 11) is 0. The topological polar surface area (TPSA) is 29.3 Å². The molecule has 2 aromatic rings. The van der Waals surface area contributed by atoms with E-state index in [4.69, 9.17) is 18.0 Å². The van der Waals surface area contributed by atoms with Gasteiger partial charge in [-0.1, -0.05) is 45.8 Å². The molecule has 21 heavy (non-hydrogen) atoms. The van der Waals surface area contributed by atoms with Crippen LogP contribution in [0.5, 0.6) is 0 Å². The van der Waals surface area contributed by atoms with Gasteiger partial charge < -0.3 is 10.6 Å². The molecule has 0 unspecified atom stereocenters. The van der Waals surface area contributed by atoms with Gasteiger partial charge in [-0.3, -0.25) is 0 Å². The Labute approximate surface area is 139 Å². The lowest BCUT2D eigenvalue weighted by Crippen LogP contribution is -2.27. The van der Waals surface area contributed by atoms with E-state index in [9.17, 15) is 0 Å². The van der Waals surface area contributed by atoms with Crippen molar-refractivity contribution in [3.63, 3.8) is 0 Å². The maximum atomic E-state index is 5.90. The van der Waals surface area contributed by atoms with Crippen LogP contribution in [0.3, 0.4) is 0 Å². The predicted octanol–water partition coefficient (Wildman–Crippen LogP) is 4.48. The molecule has 1 heterocycles. The zero-order valence-corrected chi connectivity index (χ0v) is 14.3. The molecule has 1 aliphatic heterocycles. The fraction of sp³-hybridized carbons (Fsp3) is 0.235. The van der Waals surface area contributed by atoms with E-state index < -0.39 is 0 Å². The first-order valence-corrected chi connectivity index (χ1v) is 8.23. The van der Waals surface area contributed by atoms with Crippen LogP contribution in [0.1, 0.15) is 23.1 Å². The highest BCUT2D eigenvalue weighted by Crippen LogP contribution is 2.37. The van der Waals surface area contributed by atoms with Crippen molar-refractivity contribution in [1.29, 1.82) is 0 Å². The summed E-state index contributed by atoms with van der Waals surface area (Å²) in [5.74, 6) is 0. The van der Waals surface area contributed by atoms with Crippen molar-refractivity contribution in [2.75, 3.05) is 11.4 Å². The molecule has 2 aromatic carbocycles. The number of hydrogen-bond donors (Lipinski definition) is 1. The largest absolute Gasteiger partial charge is 0.389 e. The van der Waals surface area contributed by atoms with E-state index in [0.717, 1.165) is 35.1 Å². The van der Waals surface area contributed by atoms with E-state index >= 15 is 0 Å². The number of halogens is 1. The Morgan fingerprint density at radius 3 is 2.76 bits per heavy atom. The van der Waals surface area contributed by atoms with Gasteiger partial charge in [0.05, 0.1) is 5.69 Å². The van der Waals surface area contributed by atoms with E-state index in [0.29, 0.717) is 4.99 Å². The molecule has 0 saturated carbocycles. The molecule has 3 rings (SSSR count). The highest BCUT2D eigenvalue weighted by Gasteiger charge is 2.21. The Balaban J connectivity index is 2.15. The molecular weight excluding hydrogens is 344 g/mol. The van der Waals surface area contributed by atoms with Crippen LogP contribution in [-0.2, 0) is 6.42 Å². The van der Waals surface area contributed by atoms with Crippen molar-refractivity contribution in [2.45, 2.75) is 19.8 Å². The molecule has 2 nitrogen and oxygen atoms in total. The van der Waals surface area contributed by atoms with Gasteiger partial charge in [0.1, 0.15) is 4.99 Å². The van der Waals surface area contributed by atoms with E-state index in [-0.39, 0.29) is 0 Å². The lowest BCUT2D eigenvalue weighted by Gasteiger charge is -2.33. The minimum atomic E-state index is 0.441. The molecule has 0 spiro atoms. The van der Waals surface area contributed by atoms with Crippen LogP contribution in [0.15, 0.2) is 40.9 Å². The second kappa shape index (κ2) is 5.78. The molecule has 108 valence electrons. The van der Waals surface area contributed by atoms with Crippen molar-refractivity contribution in [2.24, 2.45) is 5.73 Å². The van der Waals surface area contributed by atoms with Crippen molar-refractivity contribution in [3.8, 4) is 0 Å². The Morgan fingerprint density at radius 2 is 2.00 bits per heavy atom. The molecule has 0 aromatic heterocycles. The molecule has 1 aliphatic rings. The molecular formula is C17H17BrN2S. The number of nitrogens with zero attached hydrogens (tertiary/aromatic N) is 1. The summed E-state index contributed by atoms with van der Waals surface area (Å²) in [6, 6.07) is 12.7. The van der Waals surface area contributed by atoms with Gasteiger partial charge in [0.15, 0.2) is 0 Å². The van der Waals surface area contributed by atoms with Gasteiger partial charge in [-0.05, 0) is 49.6 Å². The number of rotatable bonds is 2. The monoisotopic (exact) mass is 360 g/mol. The van der Waals surface area contributed by atoms with Crippen LogP contribution in [-0.4, -0.2) is 11.5 Å². The summed E-state index contributed by atoms with van der Waals surface area (Å²) >= 11 is 8.77. The Kier molecular flexibility index (Phi) is 4.00. The van der Waals surface area contributed by atoms with Crippen LogP contribution >= 0.6 is 28.1 Å². The van der Waals surface area contributed by atoms with Gasteiger partial charge in [0, 0.05) is 22.3 Å². The third kappa shape index (κ3) is 2.83. The average molecular weight is 361 g/mol. The zero-order chi connectivity index (χ0) is 15.0. The Hall–Kier alpha value is -1.39. The highest BCUT2D eigenvalue weighted by atomic mass is 79.9. The van der Waals surface area contributed by atoms with Crippen molar-refractivity contribution in [1.82, 2.24) is 0 Å². The van der Waals surface area contributed by atoms with Crippen molar-refractivity contribution >= 4 is 44.5 Å². The fourth-order valence-electron chi connectivity index (χ4n) is 2.91. The molecule has 0 fully saturated rings. The molecule has 0 atom stereocenters. The number of nitrogens with two attached hydrogens (primary N) is 1. The molecule has 2 N–H and O–H groups in total. The van der Waals surface area contributed by atoms with E-state index in [1.54, 1.807) is 0 Å². The normalized spacial score (nSPS) is 13.9. The lowest BCUT2D eigenvalue weighted by molar-refractivity contribution is 0.765. The number of fused-ring (bicyclic) bond motifs is 1. The maximum absolute atomic E-state index is 5.90. The maximum Gasteiger partial charge on any atom is 0.106 e. The van der Waals surface area contributed by atoms with E-state index in [1.165, 1.54) is 16.8 Å². The zero-order valence-electron chi connectivity index (χ0n) is 11.9. The third-order valence-electron chi connectivity index (χ3n) is 3.87. The quantitative estimate of drug-likeness (QED) is 0.800. The number of anilines is 2. The van der Waals surface area contributed by atoms with Crippen LogP contribution in [0.4, 0.5) is 11.4 Å². The van der Waals surface area contributed by atoms with Gasteiger partial charge in [-0.25, -0.2) is 0 Å². The number of aryl methyl sites for hydroxylation is 2. The third-order valence-corrected chi connectivity index (χ3v) is 4.58. The first-order chi connectivity index (χ1) is 10.1. The minimum absolute atomic E-state index is 0.441. The summed E-state index contributed by atoms with van der Waals surface area (Å²) in [5.41, 5.74) is 11.9. The average Bonchev–Trinajstić information content (AvgIpc) is 2.45. The smallest absolute Gasteiger partial charge is 0.106 e. The van der Waals surface area contributed by atoms with Gasteiger partial charge in [0.25, 0.3) is 0 Å². The van der Waals surface area contributed by atoms with Gasteiger partial charge >= 0.3 is 0 Å².